The molecule has 3 nitrogen and oxygen atoms in total. The van der Waals surface area contributed by atoms with E-state index in [4.69, 9.17) is 5.26 Å². The molecule has 5 aromatic rings. The molecule has 1 aromatic heterocycles. The smallest absolute Gasteiger partial charge is 0.418 e. The van der Waals surface area contributed by atoms with Crippen LogP contribution in [0.5, 0.6) is 0 Å². The number of hydrogen-bond acceptors (Lipinski definition) is 2. The first kappa shape index (κ1) is 33.7. The van der Waals surface area contributed by atoms with Gasteiger partial charge in [-0.3, -0.25) is 0 Å². The van der Waals surface area contributed by atoms with Gasteiger partial charge in [-0.05, 0) is 71.3 Å². The van der Waals surface area contributed by atoms with E-state index in [0.29, 0.717) is 13.0 Å². The molecule has 0 radical (unpaired) electrons. The summed E-state index contributed by atoms with van der Waals surface area (Å²) < 4.78 is 43.4. The number of anilines is 1. The van der Waals surface area contributed by atoms with E-state index in [1.165, 1.54) is 0 Å². The minimum Gasteiger partial charge on any atom is -0.418 e. The van der Waals surface area contributed by atoms with Gasteiger partial charge in [-0.15, -0.1) is 0 Å². The first-order valence-corrected chi connectivity index (χ1v) is 15.5. The van der Waals surface area contributed by atoms with Gasteiger partial charge in [0.2, 0.25) is 17.1 Å². The van der Waals surface area contributed by atoms with Crippen molar-refractivity contribution in [2.45, 2.75) is 6.42 Å². The Labute approximate surface area is 277 Å². The molecular weight excluding hydrogens is 709 g/mol. The first-order chi connectivity index (χ1) is 21.5. The Hall–Kier alpha value is -4.20. The van der Waals surface area contributed by atoms with Gasteiger partial charge in [0.1, 0.15) is 0 Å². The molecule has 4 aromatic carbocycles. The van der Waals surface area contributed by atoms with Crippen molar-refractivity contribution in [3.63, 3.8) is 0 Å². The van der Waals surface area contributed by atoms with Crippen molar-refractivity contribution < 1.29 is 21.8 Å². The summed E-state index contributed by atoms with van der Waals surface area (Å²) in [5, 5.41) is 8.91. The second kappa shape index (κ2) is 15.7. The molecule has 5 rings (SSSR count). The molecule has 0 atom stereocenters. The van der Waals surface area contributed by atoms with Gasteiger partial charge in [0, 0.05) is 64.1 Å². The molecule has 0 bridgehead atoms. The second-order valence-electron chi connectivity index (χ2n) is 9.99. The maximum atomic E-state index is 9.75. The van der Waals surface area contributed by atoms with E-state index in [9.17, 15) is 17.3 Å². The van der Waals surface area contributed by atoms with E-state index in [2.05, 4.69) is 169 Å². The fourth-order valence-electron chi connectivity index (χ4n) is 4.61. The molecule has 10 heteroatoms. The lowest BCUT2D eigenvalue weighted by atomic mass is 10.0. The highest BCUT2D eigenvalue weighted by molar-refractivity contribution is 9.10. The van der Waals surface area contributed by atoms with Gasteiger partial charge in [-0.25, -0.2) is 0 Å². The van der Waals surface area contributed by atoms with Crippen molar-refractivity contribution in [1.29, 1.82) is 5.26 Å². The number of pyridine rings is 1. The van der Waals surface area contributed by atoms with Crippen molar-refractivity contribution in [2.24, 2.45) is 0 Å². The third kappa shape index (κ3) is 10.2. The highest BCUT2D eigenvalue weighted by Crippen LogP contribution is 2.29. The fourth-order valence-corrected chi connectivity index (χ4v) is 5.14. The second-order valence-corrected chi connectivity index (χ2v) is 11.8. The van der Waals surface area contributed by atoms with Gasteiger partial charge in [0.25, 0.3) is 0 Å². The number of benzene rings is 4. The van der Waals surface area contributed by atoms with Crippen LogP contribution >= 0.6 is 31.9 Å². The molecule has 0 aliphatic rings. The van der Waals surface area contributed by atoms with E-state index in [-0.39, 0.29) is 0 Å². The summed E-state index contributed by atoms with van der Waals surface area (Å²) in [6, 6.07) is 42.6. The highest BCUT2D eigenvalue weighted by Gasteiger charge is 2.22. The van der Waals surface area contributed by atoms with Crippen LogP contribution in [0.25, 0.3) is 40.2 Å². The largest absolute Gasteiger partial charge is 0.673 e. The Kier molecular flexibility index (Phi) is 11.7. The normalized spacial score (nSPS) is 11.1. The lowest BCUT2D eigenvalue weighted by Gasteiger charge is -2.17. The van der Waals surface area contributed by atoms with Gasteiger partial charge in [-0.2, -0.15) is 9.83 Å². The van der Waals surface area contributed by atoms with E-state index >= 15 is 0 Å². The number of nitrogens with zero attached hydrogens (tertiary/aromatic N) is 3. The predicted octanol–water partition coefficient (Wildman–Crippen LogP) is 10.6. The Morgan fingerprint density at radius 2 is 1.29 bits per heavy atom. The van der Waals surface area contributed by atoms with Crippen molar-refractivity contribution in [3.8, 4) is 34.1 Å². The molecule has 0 spiro atoms. The molecule has 0 amide bonds. The topological polar surface area (TPSA) is 30.9 Å². The van der Waals surface area contributed by atoms with Gasteiger partial charge in [-0.1, -0.05) is 74.3 Å². The molecule has 45 heavy (non-hydrogen) atoms. The van der Waals surface area contributed by atoms with E-state index in [1.807, 2.05) is 13.1 Å². The summed E-state index contributed by atoms with van der Waals surface area (Å²) in [5.74, 6) is 0. The van der Waals surface area contributed by atoms with Crippen LogP contribution in [0.4, 0.5) is 23.0 Å². The maximum absolute atomic E-state index is 9.75. The fraction of sp³-hybridized carbons (Fsp3) is 0.0857. The van der Waals surface area contributed by atoms with Crippen molar-refractivity contribution in [3.05, 3.63) is 135 Å². The third-order valence-electron chi connectivity index (χ3n) is 6.77. The average Bonchev–Trinajstić information content (AvgIpc) is 3.03. The summed E-state index contributed by atoms with van der Waals surface area (Å²) in [5.41, 5.74) is 8.90. The Morgan fingerprint density at radius 3 is 1.84 bits per heavy atom. The Bertz CT molecular complexity index is 1760. The van der Waals surface area contributed by atoms with Crippen LogP contribution in [-0.4, -0.2) is 20.8 Å². The number of para-hydroxylation sites is 1. The highest BCUT2D eigenvalue weighted by atomic mass is 79.9. The zero-order valence-corrected chi connectivity index (χ0v) is 27.4. The van der Waals surface area contributed by atoms with Crippen LogP contribution in [-0.2, 0) is 0 Å². The third-order valence-corrected chi connectivity index (χ3v) is 7.82. The number of aromatic nitrogens is 1. The molecular formula is C35H28BBr2F4N3. The Balaban J connectivity index is 0.000000854. The molecule has 0 unspecified atom stereocenters. The van der Waals surface area contributed by atoms with Gasteiger partial charge in [0.15, 0.2) is 0 Å². The lowest BCUT2D eigenvalue weighted by molar-refractivity contribution is -0.585. The molecule has 0 aliphatic heterocycles. The monoisotopic (exact) mass is 735 g/mol. The zero-order chi connectivity index (χ0) is 32.4. The van der Waals surface area contributed by atoms with Crippen molar-refractivity contribution >= 4 is 57.0 Å². The molecule has 228 valence electrons. The van der Waals surface area contributed by atoms with Crippen LogP contribution in [0, 0.1) is 11.3 Å². The van der Waals surface area contributed by atoms with E-state index in [0.717, 1.165) is 54.0 Å². The molecule has 0 saturated heterocycles. The number of hydrogen-bond donors (Lipinski definition) is 0. The summed E-state index contributed by atoms with van der Waals surface area (Å²) in [7, 11) is -3.98. The van der Waals surface area contributed by atoms with Crippen molar-refractivity contribution in [1.82, 2.24) is 0 Å². The molecule has 0 fully saturated rings. The molecule has 0 saturated carbocycles. The number of nitriles is 1. The van der Waals surface area contributed by atoms with Gasteiger partial charge in [0.05, 0.1) is 12.5 Å². The first-order valence-electron chi connectivity index (χ1n) is 13.9. The summed E-state index contributed by atoms with van der Waals surface area (Å²) in [6.07, 6.45) is 4.85. The molecule has 0 aliphatic carbocycles. The van der Waals surface area contributed by atoms with Crippen molar-refractivity contribution in [2.75, 3.05) is 18.5 Å². The van der Waals surface area contributed by atoms with E-state index in [1.54, 1.807) is 0 Å². The number of rotatable bonds is 8. The Morgan fingerprint density at radius 1 is 0.733 bits per heavy atom. The summed E-state index contributed by atoms with van der Waals surface area (Å²) >= 11 is 7.16. The minimum atomic E-state index is -6.00. The lowest BCUT2D eigenvalue weighted by Crippen LogP contribution is -2.37. The minimum absolute atomic E-state index is 0.507. The van der Waals surface area contributed by atoms with E-state index < -0.39 is 7.25 Å². The maximum Gasteiger partial charge on any atom is 0.673 e. The summed E-state index contributed by atoms with van der Waals surface area (Å²) in [6.45, 7) is 0.713. The molecule has 1 heterocycles. The molecule has 0 N–H and O–H groups in total. The predicted molar refractivity (Wildman–Crippen MR) is 183 cm³/mol. The SMILES string of the molecule is CN(CCC#N)c1ccc(/C=C/c2cc(-c3ccc(Br)cc3)cc(-c3ccc(Br)cc3)[n+]2-c2ccccc2)cc1.F[B-](F)(F)F. The van der Waals surface area contributed by atoms with Crippen LogP contribution in [0.1, 0.15) is 17.7 Å². The van der Waals surface area contributed by atoms with Crippen LogP contribution in [0.3, 0.4) is 0 Å². The summed E-state index contributed by atoms with van der Waals surface area (Å²) in [4.78, 5) is 2.10. The van der Waals surface area contributed by atoms with Crippen LogP contribution < -0.4 is 9.47 Å². The van der Waals surface area contributed by atoms with Gasteiger partial charge < -0.3 is 22.2 Å². The zero-order valence-electron chi connectivity index (χ0n) is 24.2. The standard InChI is InChI=1S/C35H28Br2N3.BF4/c1-39(23-5-22-38)32-19-8-26(9-20-32)10-21-34-24-29(27-11-15-30(36)16-12-27)25-35(28-13-17-31(37)18-14-28)40(34)33-6-3-2-4-7-33;2-1(3,4)5/h2-4,6-21,24-25H,5,23H2,1H3;/q+1;-1. The number of halogens is 6. The average molecular weight is 737 g/mol. The van der Waals surface area contributed by atoms with Crippen LogP contribution in [0.2, 0.25) is 0 Å². The van der Waals surface area contributed by atoms with Gasteiger partial charge >= 0.3 is 7.25 Å². The van der Waals surface area contributed by atoms with Crippen LogP contribution in [0.15, 0.2) is 124 Å². The quantitative estimate of drug-likeness (QED) is 0.0902.